The number of hydrogen-bond donors (Lipinski definition) is 0. The molecule has 0 bridgehead atoms. The first-order chi connectivity index (χ1) is 8.75. The predicted molar refractivity (Wildman–Crippen MR) is 74.2 cm³/mol. The van der Waals surface area contributed by atoms with Crippen LogP contribution in [0.3, 0.4) is 0 Å². The number of Topliss-reactive ketones (excluding diaryl/α,β-unsaturated/α-hetero) is 1. The molecule has 0 amide bonds. The largest absolute Gasteiger partial charge is 0.295 e. The highest BCUT2D eigenvalue weighted by Crippen LogP contribution is 2.04. The maximum absolute atomic E-state index is 11.1. The number of aliphatic imine (C=N–C) groups is 1. The van der Waals surface area contributed by atoms with Gasteiger partial charge in [-0.1, -0.05) is 54.6 Å². The summed E-state index contributed by atoms with van der Waals surface area (Å²) in [5.74, 6) is 0.0859. The molecule has 2 heteroatoms. The molecule has 0 N–H and O–H groups in total. The lowest BCUT2D eigenvalue weighted by molar-refractivity contribution is 0.101. The van der Waals surface area contributed by atoms with E-state index in [1.54, 1.807) is 6.92 Å². The maximum Gasteiger partial charge on any atom is 0.159 e. The summed E-state index contributed by atoms with van der Waals surface area (Å²) in [4.78, 5) is 15.5. The molecule has 0 aliphatic heterocycles. The molecule has 0 spiro atoms. The smallest absolute Gasteiger partial charge is 0.159 e. The van der Waals surface area contributed by atoms with Crippen molar-refractivity contribution in [3.63, 3.8) is 0 Å². The monoisotopic (exact) mass is 237 g/mol. The van der Waals surface area contributed by atoms with E-state index in [0.29, 0.717) is 6.54 Å². The molecule has 0 aromatic heterocycles. The van der Waals surface area contributed by atoms with E-state index >= 15 is 0 Å². The van der Waals surface area contributed by atoms with Gasteiger partial charge in [0.05, 0.1) is 6.54 Å². The molecule has 0 saturated carbocycles. The Balaban J connectivity index is 1.99. The molecule has 0 fully saturated rings. The maximum atomic E-state index is 11.1. The Morgan fingerprint density at radius 1 is 1.06 bits per heavy atom. The molecular formula is C16H15NO. The van der Waals surface area contributed by atoms with E-state index in [1.165, 1.54) is 5.56 Å². The normalized spacial score (nSPS) is 10.7. The quantitative estimate of drug-likeness (QED) is 0.591. The van der Waals surface area contributed by atoms with E-state index in [1.807, 2.05) is 48.7 Å². The van der Waals surface area contributed by atoms with Gasteiger partial charge in [0.15, 0.2) is 5.78 Å². The summed E-state index contributed by atoms with van der Waals surface area (Å²) in [6, 6.07) is 17.6. The number of hydrogen-bond acceptors (Lipinski definition) is 2. The van der Waals surface area contributed by atoms with E-state index in [9.17, 15) is 4.79 Å². The van der Waals surface area contributed by atoms with Crippen LogP contribution in [-0.2, 0) is 6.54 Å². The number of carbonyl (C=O) groups is 1. The lowest BCUT2D eigenvalue weighted by Gasteiger charge is -1.97. The third-order valence-corrected chi connectivity index (χ3v) is 2.67. The fourth-order valence-electron chi connectivity index (χ4n) is 1.64. The van der Waals surface area contributed by atoms with Crippen LogP contribution < -0.4 is 0 Å². The SMILES string of the molecule is CC(=O)c1ccc(C=NCc2ccccc2)cc1. The Morgan fingerprint density at radius 3 is 2.33 bits per heavy atom. The van der Waals surface area contributed by atoms with E-state index < -0.39 is 0 Å². The van der Waals surface area contributed by atoms with Crippen molar-refractivity contribution in [2.45, 2.75) is 13.5 Å². The van der Waals surface area contributed by atoms with Crippen molar-refractivity contribution in [3.05, 3.63) is 71.3 Å². The second-order valence-corrected chi connectivity index (χ2v) is 4.13. The molecule has 2 nitrogen and oxygen atoms in total. The van der Waals surface area contributed by atoms with Gasteiger partial charge in [-0.2, -0.15) is 0 Å². The van der Waals surface area contributed by atoms with Crippen LogP contribution in [0.15, 0.2) is 59.6 Å². The topological polar surface area (TPSA) is 29.4 Å². The fourth-order valence-corrected chi connectivity index (χ4v) is 1.64. The molecule has 2 rings (SSSR count). The van der Waals surface area contributed by atoms with Gasteiger partial charge in [0.1, 0.15) is 0 Å². The van der Waals surface area contributed by atoms with Gasteiger partial charge >= 0.3 is 0 Å². The van der Waals surface area contributed by atoms with E-state index in [2.05, 4.69) is 17.1 Å². The Hall–Kier alpha value is -2.22. The third kappa shape index (κ3) is 3.39. The molecule has 0 aliphatic rings. The van der Waals surface area contributed by atoms with Crippen LogP contribution in [0.2, 0.25) is 0 Å². The molecule has 0 radical (unpaired) electrons. The standard InChI is InChI=1S/C16H15NO/c1-13(18)16-9-7-15(8-10-16)12-17-11-14-5-3-2-4-6-14/h2-10,12H,11H2,1H3. The van der Waals surface area contributed by atoms with E-state index in [4.69, 9.17) is 0 Å². The summed E-state index contributed by atoms with van der Waals surface area (Å²) in [7, 11) is 0. The molecule has 0 aliphatic carbocycles. The Labute approximate surface area is 107 Å². The second kappa shape index (κ2) is 5.92. The zero-order valence-corrected chi connectivity index (χ0v) is 10.3. The van der Waals surface area contributed by atoms with Crippen molar-refractivity contribution in [1.29, 1.82) is 0 Å². The van der Waals surface area contributed by atoms with Crippen molar-refractivity contribution in [2.75, 3.05) is 0 Å². The minimum Gasteiger partial charge on any atom is -0.295 e. The third-order valence-electron chi connectivity index (χ3n) is 2.67. The molecule has 0 unspecified atom stereocenters. The van der Waals surface area contributed by atoms with Crippen molar-refractivity contribution in [2.24, 2.45) is 4.99 Å². The zero-order chi connectivity index (χ0) is 12.8. The molecule has 0 atom stereocenters. The van der Waals surface area contributed by atoms with Gasteiger partial charge in [-0.25, -0.2) is 0 Å². The van der Waals surface area contributed by atoms with Gasteiger partial charge in [-0.15, -0.1) is 0 Å². The van der Waals surface area contributed by atoms with Crippen LogP contribution in [0.25, 0.3) is 0 Å². The molecule has 0 heterocycles. The Bertz CT molecular complexity index is 541. The minimum atomic E-state index is 0.0859. The molecule has 18 heavy (non-hydrogen) atoms. The van der Waals surface area contributed by atoms with Crippen LogP contribution >= 0.6 is 0 Å². The summed E-state index contributed by atoms with van der Waals surface area (Å²) in [5, 5.41) is 0. The Morgan fingerprint density at radius 2 is 1.72 bits per heavy atom. The summed E-state index contributed by atoms with van der Waals surface area (Å²) in [5.41, 5.74) is 2.93. The van der Waals surface area contributed by atoms with Crippen molar-refractivity contribution in [3.8, 4) is 0 Å². The molecule has 90 valence electrons. The van der Waals surface area contributed by atoms with Crippen molar-refractivity contribution in [1.82, 2.24) is 0 Å². The van der Waals surface area contributed by atoms with Gasteiger partial charge in [0.2, 0.25) is 0 Å². The van der Waals surface area contributed by atoms with Gasteiger partial charge in [-0.3, -0.25) is 9.79 Å². The van der Waals surface area contributed by atoms with Gasteiger partial charge in [-0.05, 0) is 18.1 Å². The average molecular weight is 237 g/mol. The highest BCUT2D eigenvalue weighted by Gasteiger charge is 1.97. The van der Waals surface area contributed by atoms with Crippen molar-refractivity contribution >= 4 is 12.0 Å². The Kier molecular flexibility index (Phi) is 4.02. The molecular weight excluding hydrogens is 222 g/mol. The number of ketones is 1. The molecule has 2 aromatic rings. The van der Waals surface area contributed by atoms with Crippen LogP contribution in [0.4, 0.5) is 0 Å². The van der Waals surface area contributed by atoms with Gasteiger partial charge < -0.3 is 0 Å². The van der Waals surface area contributed by atoms with Gasteiger partial charge in [0.25, 0.3) is 0 Å². The lowest BCUT2D eigenvalue weighted by Crippen LogP contribution is -1.92. The number of nitrogens with zero attached hydrogens (tertiary/aromatic N) is 1. The molecule has 2 aromatic carbocycles. The number of benzene rings is 2. The summed E-state index contributed by atoms with van der Waals surface area (Å²) < 4.78 is 0. The van der Waals surface area contributed by atoms with Crippen molar-refractivity contribution < 1.29 is 4.79 Å². The summed E-state index contributed by atoms with van der Waals surface area (Å²) in [6.45, 7) is 2.24. The van der Waals surface area contributed by atoms with Gasteiger partial charge in [0, 0.05) is 11.8 Å². The van der Waals surface area contributed by atoms with Crippen LogP contribution in [0.1, 0.15) is 28.4 Å². The second-order valence-electron chi connectivity index (χ2n) is 4.13. The molecule has 0 saturated heterocycles. The lowest BCUT2D eigenvalue weighted by atomic mass is 10.1. The van der Waals surface area contributed by atoms with Crippen LogP contribution in [0, 0.1) is 0 Å². The first-order valence-electron chi connectivity index (χ1n) is 5.90. The summed E-state index contributed by atoms with van der Waals surface area (Å²) >= 11 is 0. The fraction of sp³-hybridized carbons (Fsp3) is 0.125. The number of rotatable bonds is 4. The van der Waals surface area contributed by atoms with E-state index in [-0.39, 0.29) is 5.78 Å². The van der Waals surface area contributed by atoms with Crippen LogP contribution in [0.5, 0.6) is 0 Å². The van der Waals surface area contributed by atoms with Crippen LogP contribution in [-0.4, -0.2) is 12.0 Å². The minimum absolute atomic E-state index is 0.0859. The summed E-state index contributed by atoms with van der Waals surface area (Å²) in [6.07, 6.45) is 1.83. The predicted octanol–water partition coefficient (Wildman–Crippen LogP) is 3.51. The number of carbonyl (C=O) groups excluding carboxylic acids is 1. The first-order valence-corrected chi connectivity index (χ1v) is 5.90. The zero-order valence-electron chi connectivity index (χ0n) is 10.3. The van der Waals surface area contributed by atoms with E-state index in [0.717, 1.165) is 11.1 Å². The first kappa shape index (κ1) is 12.2. The highest BCUT2D eigenvalue weighted by molar-refractivity contribution is 5.94. The highest BCUT2D eigenvalue weighted by atomic mass is 16.1. The average Bonchev–Trinajstić information content (AvgIpc) is 2.40.